The Balaban J connectivity index is 0.000000265. The maximum atomic E-state index is 15.5. The second-order valence-corrected chi connectivity index (χ2v) is 21.8. The summed E-state index contributed by atoms with van der Waals surface area (Å²) in [7, 11) is 1.11. The molecule has 0 bridgehead atoms. The van der Waals surface area contributed by atoms with Crippen molar-refractivity contribution in [3.05, 3.63) is 116 Å². The van der Waals surface area contributed by atoms with Gasteiger partial charge >= 0.3 is 24.3 Å². The highest BCUT2D eigenvalue weighted by molar-refractivity contribution is 9.10. The third-order valence-corrected chi connectivity index (χ3v) is 14.8. The van der Waals surface area contributed by atoms with Crippen LogP contribution < -0.4 is 24.6 Å². The number of carboxylic acid groups (broad SMARTS) is 1. The van der Waals surface area contributed by atoms with Crippen LogP contribution in [-0.4, -0.2) is 63.0 Å². The van der Waals surface area contributed by atoms with E-state index < -0.39 is 88.0 Å². The van der Waals surface area contributed by atoms with E-state index >= 15 is 8.78 Å². The maximum Gasteiger partial charge on any atom is 0.421 e. The summed E-state index contributed by atoms with van der Waals surface area (Å²) in [6.07, 6.45) is -1.49. The molecule has 7 rings (SSSR count). The van der Waals surface area contributed by atoms with Crippen LogP contribution in [0.15, 0.2) is 65.5 Å². The molecule has 2 fully saturated rings. The number of aryl methyl sites for hydroxylation is 1. The Kier molecular flexibility index (Phi) is 21.2. The van der Waals surface area contributed by atoms with E-state index in [1.165, 1.54) is 9.80 Å². The predicted octanol–water partition coefficient (Wildman–Crippen LogP) is 15.5. The van der Waals surface area contributed by atoms with Gasteiger partial charge in [0, 0.05) is 73.0 Å². The lowest BCUT2D eigenvalue weighted by Crippen LogP contribution is -2.43. The van der Waals surface area contributed by atoms with Crippen LogP contribution in [0.25, 0.3) is 0 Å². The summed E-state index contributed by atoms with van der Waals surface area (Å²) < 4.78 is 130. The first-order valence-electron chi connectivity index (χ1n) is 26.1. The predicted molar refractivity (Wildman–Crippen MR) is 291 cm³/mol. The summed E-state index contributed by atoms with van der Waals surface area (Å²) in [6, 6.07) is 7.48. The van der Waals surface area contributed by atoms with Gasteiger partial charge in [0.25, 0.3) is 0 Å². The van der Waals surface area contributed by atoms with Crippen LogP contribution in [0, 0.1) is 42.2 Å². The van der Waals surface area contributed by atoms with Gasteiger partial charge in [-0.3, -0.25) is 9.59 Å². The number of nitrogens with zero attached hydrogens (tertiary/aromatic N) is 5. The fraction of sp³-hybridized carbons (Fsp3) is 0.456. The number of carbonyl (C=O) groups is 4. The molecule has 2 N–H and O–H groups in total. The average Bonchev–Trinajstić information content (AvgIpc) is 3.41. The number of rotatable bonds is 16. The van der Waals surface area contributed by atoms with Crippen molar-refractivity contribution >= 4 is 68.3 Å². The van der Waals surface area contributed by atoms with Crippen LogP contribution >= 0.6 is 27.5 Å². The molecule has 81 heavy (non-hydrogen) atoms. The molecule has 2 aliphatic carbocycles. The van der Waals surface area contributed by atoms with Crippen LogP contribution in [0.3, 0.4) is 0 Å². The van der Waals surface area contributed by atoms with Gasteiger partial charge in [0.05, 0.1) is 41.0 Å². The van der Waals surface area contributed by atoms with Gasteiger partial charge in [0.2, 0.25) is 23.6 Å². The molecule has 3 heterocycles. The molecule has 3 aromatic heterocycles. The molecule has 0 unspecified atom stereocenters. The van der Waals surface area contributed by atoms with Gasteiger partial charge in [-0.1, -0.05) is 13.8 Å². The molecule has 2 aromatic carbocycles. The molecule has 2 amide bonds. The number of aromatic carboxylic acids is 1. The number of benzene rings is 2. The van der Waals surface area contributed by atoms with Gasteiger partial charge in [0.1, 0.15) is 15.7 Å². The number of alkyl halides is 7. The summed E-state index contributed by atoms with van der Waals surface area (Å²) >= 11 is 8.88. The van der Waals surface area contributed by atoms with E-state index in [-0.39, 0.29) is 64.1 Å². The minimum absolute atomic E-state index is 0.0221. The quantitative estimate of drug-likeness (QED) is 0.0415. The molecule has 0 saturated heterocycles. The Morgan fingerprint density at radius 2 is 1.14 bits per heavy atom. The van der Waals surface area contributed by atoms with E-state index in [0.717, 1.165) is 81.6 Å². The van der Waals surface area contributed by atoms with E-state index in [0.29, 0.717) is 53.5 Å². The molecule has 5 aromatic rings. The third-order valence-electron chi connectivity index (χ3n) is 14.0. The number of ether oxygens (including phenoxy) is 3. The van der Waals surface area contributed by atoms with Gasteiger partial charge in [0.15, 0.2) is 23.1 Å². The van der Waals surface area contributed by atoms with Crippen LogP contribution in [0.5, 0.6) is 23.3 Å². The molecule has 438 valence electrons. The van der Waals surface area contributed by atoms with E-state index in [1.807, 2.05) is 0 Å². The number of hydrogen-bond donors (Lipinski definition) is 2. The first kappa shape index (κ1) is 63.6. The molecule has 0 radical (unpaired) electrons. The number of amides is 2. The molecule has 0 atom stereocenters. The SMILES string of the molecule is COC(=O)c1cc(Oc2ncc(CCl)cc2C(F)(F)F)c(F)cc1N(C(=O)C1CCC(C)CC1)C(C)C.Cc1nc(Br)ccc1NCc1cnc(Oc2cc(C(=O)O)c(N(C(=O)C3CCC(C)CC3)C(C)C)cc2F)c(C(F)(F)F)c1. The van der Waals surface area contributed by atoms with Gasteiger partial charge in [-0.25, -0.2) is 33.3 Å². The van der Waals surface area contributed by atoms with E-state index in [2.05, 4.69) is 50.0 Å². The first-order valence-corrected chi connectivity index (χ1v) is 27.4. The summed E-state index contributed by atoms with van der Waals surface area (Å²) in [5.74, 6) is -8.35. The van der Waals surface area contributed by atoms with Crippen molar-refractivity contribution < 1.29 is 73.6 Å². The topological polar surface area (TPSA) is 173 Å². The summed E-state index contributed by atoms with van der Waals surface area (Å²) in [5.41, 5.74) is -1.97. The fourth-order valence-electron chi connectivity index (χ4n) is 9.65. The van der Waals surface area contributed by atoms with Crippen molar-refractivity contribution in [3.8, 4) is 23.3 Å². The van der Waals surface area contributed by atoms with Gasteiger partial charge in [-0.2, -0.15) is 26.3 Å². The number of carbonyl (C=O) groups excluding carboxylic acids is 3. The highest BCUT2D eigenvalue weighted by Crippen LogP contribution is 2.43. The monoisotopic (exact) mass is 1220 g/mol. The number of anilines is 3. The van der Waals surface area contributed by atoms with Crippen molar-refractivity contribution in [1.82, 2.24) is 15.0 Å². The lowest BCUT2D eigenvalue weighted by molar-refractivity contribution is -0.139. The smallest absolute Gasteiger partial charge is 0.421 e. The molecular weight excluding hydrogens is 1160 g/mol. The summed E-state index contributed by atoms with van der Waals surface area (Å²) in [5, 5.41) is 13.0. The molecule has 0 aliphatic heterocycles. The van der Waals surface area contributed by atoms with Crippen LogP contribution in [0.2, 0.25) is 0 Å². The van der Waals surface area contributed by atoms with Crippen molar-refractivity contribution in [2.45, 2.75) is 137 Å². The molecule has 2 saturated carbocycles. The number of carboxylic acids is 1. The number of methoxy groups -OCH3 is 1. The minimum atomic E-state index is -4.92. The summed E-state index contributed by atoms with van der Waals surface area (Å²) in [6.45, 7) is 12.8. The maximum absolute atomic E-state index is 15.5. The summed E-state index contributed by atoms with van der Waals surface area (Å²) in [4.78, 5) is 66.2. The highest BCUT2D eigenvalue weighted by Gasteiger charge is 2.40. The van der Waals surface area contributed by atoms with Crippen LogP contribution in [0.1, 0.15) is 142 Å². The van der Waals surface area contributed by atoms with Crippen LogP contribution in [-0.2, 0) is 39.1 Å². The Bertz CT molecular complexity index is 3100. The van der Waals surface area contributed by atoms with Crippen molar-refractivity contribution in [3.63, 3.8) is 0 Å². The van der Waals surface area contributed by atoms with Crippen molar-refractivity contribution in [2.24, 2.45) is 23.7 Å². The largest absolute Gasteiger partial charge is 0.478 e. The first-order chi connectivity index (χ1) is 38.0. The molecular formula is C57H62BrClF8N6O8. The number of hydrogen-bond acceptors (Lipinski definition) is 11. The number of pyridine rings is 3. The van der Waals surface area contributed by atoms with E-state index in [9.17, 15) is 50.6 Å². The Morgan fingerprint density at radius 3 is 1.54 bits per heavy atom. The Hall–Kier alpha value is -6.62. The lowest BCUT2D eigenvalue weighted by atomic mass is 9.82. The van der Waals surface area contributed by atoms with Crippen molar-refractivity contribution in [2.75, 3.05) is 22.2 Å². The average molecular weight is 1230 g/mol. The van der Waals surface area contributed by atoms with Gasteiger partial charge < -0.3 is 34.4 Å². The normalized spacial score (nSPS) is 17.4. The van der Waals surface area contributed by atoms with E-state index in [4.69, 9.17) is 25.8 Å². The zero-order chi connectivity index (χ0) is 59.8. The van der Waals surface area contributed by atoms with Gasteiger partial charge in [-0.05, 0) is 149 Å². The van der Waals surface area contributed by atoms with Crippen LogP contribution in [0.4, 0.5) is 52.2 Å². The third kappa shape index (κ3) is 15.9. The second kappa shape index (κ2) is 27.0. The van der Waals surface area contributed by atoms with Gasteiger partial charge in [-0.15, -0.1) is 11.6 Å². The number of aromatic nitrogens is 3. The highest BCUT2D eigenvalue weighted by atomic mass is 79.9. The molecule has 24 heteroatoms. The zero-order valence-electron chi connectivity index (χ0n) is 45.6. The molecule has 0 spiro atoms. The molecule has 14 nitrogen and oxygen atoms in total. The van der Waals surface area contributed by atoms with Crippen molar-refractivity contribution in [1.29, 1.82) is 0 Å². The Morgan fingerprint density at radius 1 is 0.704 bits per heavy atom. The standard InChI is InChI=1S/C31H33BrF4N4O4.C26H29ClF4N2O4/c1-16(2)40(29(41)20-7-5-17(3)6-8-20)25-13-23(33)26(12-21(25)30(42)43)44-28-22(31(34,35)36)11-19(15-38-28)14-37-24-9-10-27(32)39-18(24)4;1-14(2)33(24(34)17-7-5-15(3)6-8-17)21-11-20(28)22(10-18(21)25(35)36-4)37-23-19(26(29,30)31)9-16(12-27)13-32-23/h9-13,15-17,20,37H,5-8,14H2,1-4H3,(H,42,43);9-11,13-15,17H,5-8,12H2,1-4H3. The molecule has 2 aliphatic rings. The number of esters is 1. The lowest BCUT2D eigenvalue weighted by Gasteiger charge is -2.34. The Labute approximate surface area is 477 Å². The zero-order valence-corrected chi connectivity index (χ0v) is 48.0. The van der Waals surface area contributed by atoms with E-state index in [1.54, 1.807) is 46.8 Å². The number of halogens is 10. The fourth-order valence-corrected chi connectivity index (χ4v) is 10.2. The minimum Gasteiger partial charge on any atom is -0.478 e. The number of nitrogens with one attached hydrogen (secondary N) is 1. The second-order valence-electron chi connectivity index (χ2n) is 20.8.